The second-order valence-corrected chi connectivity index (χ2v) is 16.1. The highest BCUT2D eigenvalue weighted by atomic mass is 35.5. The number of thiophene rings is 1. The molecule has 2 aliphatic rings. The largest absolute Gasteiger partial charge is 0.619 e. The molecule has 5 aromatic rings. The van der Waals surface area contributed by atoms with Gasteiger partial charge in [0.1, 0.15) is 33.2 Å². The van der Waals surface area contributed by atoms with E-state index in [1.807, 2.05) is 42.5 Å². The van der Waals surface area contributed by atoms with E-state index in [0.29, 0.717) is 50.9 Å². The second-order valence-electron chi connectivity index (χ2n) is 14.1. The van der Waals surface area contributed by atoms with E-state index in [9.17, 15) is 14.8 Å². The van der Waals surface area contributed by atoms with E-state index in [4.69, 9.17) is 42.1 Å². The molecule has 2 saturated heterocycles. The first-order valence-corrected chi connectivity index (χ1v) is 20.1. The number of piperidine rings is 1. The van der Waals surface area contributed by atoms with Crippen LogP contribution in [-0.4, -0.2) is 49.2 Å². The molecule has 4 heterocycles. The summed E-state index contributed by atoms with van der Waals surface area (Å²) in [6, 6.07) is 28.9. The second kappa shape index (κ2) is 18.1. The highest BCUT2D eigenvalue weighted by Gasteiger charge is 2.42. The Morgan fingerprint density at radius 1 is 0.875 bits per heavy atom. The van der Waals surface area contributed by atoms with Gasteiger partial charge in [-0.05, 0) is 53.8 Å². The zero-order valence-corrected chi connectivity index (χ0v) is 33.4. The number of methoxy groups -OCH3 is 2. The summed E-state index contributed by atoms with van der Waals surface area (Å²) in [7, 11) is 3.05. The van der Waals surface area contributed by atoms with E-state index in [-0.39, 0.29) is 28.5 Å². The number of hydrogen-bond donors (Lipinski definition) is 1. The summed E-state index contributed by atoms with van der Waals surface area (Å²) < 4.78 is 23.8. The lowest BCUT2D eigenvalue weighted by molar-refractivity contribution is -0.605. The van der Waals surface area contributed by atoms with E-state index in [2.05, 4.69) is 34.5 Å². The molecule has 0 radical (unpaired) electrons. The van der Waals surface area contributed by atoms with Crippen molar-refractivity contribution in [3.05, 3.63) is 151 Å². The van der Waals surface area contributed by atoms with Gasteiger partial charge in [0.05, 0.1) is 14.2 Å². The fourth-order valence-corrected chi connectivity index (χ4v) is 9.19. The van der Waals surface area contributed by atoms with Gasteiger partial charge in [-0.25, -0.2) is 9.59 Å². The maximum atomic E-state index is 13.9. The first-order chi connectivity index (χ1) is 27.2. The molecule has 7 rings (SSSR count). The minimum Gasteiger partial charge on any atom is -0.619 e. The van der Waals surface area contributed by atoms with Crippen molar-refractivity contribution < 1.29 is 33.3 Å². The normalized spacial score (nSPS) is 18.9. The number of esters is 2. The van der Waals surface area contributed by atoms with Crippen molar-refractivity contribution in [2.45, 2.75) is 75.5 Å². The van der Waals surface area contributed by atoms with Gasteiger partial charge >= 0.3 is 11.9 Å². The third kappa shape index (κ3) is 9.30. The molecule has 2 aromatic heterocycles. The Kier molecular flexibility index (Phi) is 12.8. The predicted octanol–water partition coefficient (Wildman–Crippen LogP) is 8.42. The molecule has 3 aromatic carbocycles. The Hall–Kier alpha value is -4.65. The molecule has 0 spiro atoms. The molecular formula is C43H43Cl2N3O7S. The van der Waals surface area contributed by atoms with Crippen LogP contribution in [-0.2, 0) is 33.8 Å². The van der Waals surface area contributed by atoms with Crippen LogP contribution in [0.1, 0.15) is 74.6 Å². The summed E-state index contributed by atoms with van der Waals surface area (Å²) in [4.78, 5) is 31.4. The standard InChI is InChI=1S/C43H43Cl2N3O7S/c1-52-37-17-13-29(19-39(37)53-2)38(22-34-35(44)25-47(51)26-36(34)45)55-42(49)40-18-16-33(56-40)23-46-41(28-11-7-4-8-12-28)43(50)54-32-20-30-14-15-31(21-32)48(30)24-27-9-5-3-6-10-27/h3-13,16-19,25-26,30-32,38,41,46H,14-15,20-24H2,1-2H3/t30?,31?,32?,38-,41?/m0/s1. The molecule has 13 heteroatoms. The third-order valence-corrected chi connectivity index (χ3v) is 12.2. The average Bonchev–Trinajstić information content (AvgIpc) is 3.76. The zero-order valence-electron chi connectivity index (χ0n) is 31.1. The molecule has 0 amide bonds. The quantitative estimate of drug-likeness (QED) is 0.0633. The molecule has 2 bridgehead atoms. The average molecular weight is 817 g/mol. The number of rotatable bonds is 15. The maximum absolute atomic E-state index is 13.9. The highest BCUT2D eigenvalue weighted by molar-refractivity contribution is 7.13. The minimum absolute atomic E-state index is 0.0912. The van der Waals surface area contributed by atoms with E-state index in [1.165, 1.54) is 43.5 Å². The van der Waals surface area contributed by atoms with Crippen LogP contribution in [0.25, 0.3) is 0 Å². The number of nitrogens with one attached hydrogen (secondary N) is 1. The van der Waals surface area contributed by atoms with Crippen LogP contribution in [0.5, 0.6) is 11.5 Å². The van der Waals surface area contributed by atoms with Gasteiger partial charge in [-0.2, -0.15) is 4.73 Å². The lowest BCUT2D eigenvalue weighted by Crippen LogP contribution is -2.46. The van der Waals surface area contributed by atoms with E-state index in [0.717, 1.165) is 42.7 Å². The fourth-order valence-electron chi connectivity index (χ4n) is 7.75. The number of pyridine rings is 1. The molecule has 56 heavy (non-hydrogen) atoms. The number of ether oxygens (including phenoxy) is 4. The SMILES string of the molecule is COc1ccc([C@H](Cc2c(Cl)c[n+]([O-])cc2Cl)OC(=O)c2ccc(CNC(C(=O)OC3CC4CCC(C3)N4Cc3ccccc3)c3ccccc3)s2)cc1OC. The van der Waals surface area contributed by atoms with Crippen molar-refractivity contribution in [3.8, 4) is 11.5 Å². The van der Waals surface area contributed by atoms with E-state index in [1.54, 1.807) is 24.3 Å². The number of halogens is 2. The van der Waals surface area contributed by atoms with Gasteiger partial charge < -0.3 is 24.2 Å². The molecule has 4 atom stereocenters. The number of benzene rings is 3. The van der Waals surface area contributed by atoms with Crippen molar-refractivity contribution in [2.75, 3.05) is 14.2 Å². The molecule has 2 fully saturated rings. The molecule has 2 aliphatic heterocycles. The highest BCUT2D eigenvalue weighted by Crippen LogP contribution is 2.39. The number of carbonyl (C=O) groups is 2. The van der Waals surface area contributed by atoms with Gasteiger partial charge in [0.2, 0.25) is 0 Å². The van der Waals surface area contributed by atoms with Gasteiger partial charge in [0, 0.05) is 54.9 Å². The van der Waals surface area contributed by atoms with Crippen molar-refractivity contribution in [3.63, 3.8) is 0 Å². The van der Waals surface area contributed by atoms with Gasteiger partial charge in [-0.3, -0.25) is 10.2 Å². The van der Waals surface area contributed by atoms with E-state index >= 15 is 0 Å². The first-order valence-electron chi connectivity index (χ1n) is 18.6. The molecule has 3 unspecified atom stereocenters. The summed E-state index contributed by atoms with van der Waals surface area (Å²) >= 11 is 14.1. The summed E-state index contributed by atoms with van der Waals surface area (Å²) in [5.74, 6) is 0.0848. The fraction of sp³-hybridized carbons (Fsp3) is 0.326. The Balaban J connectivity index is 1.03. The topological polar surface area (TPSA) is 113 Å². The van der Waals surface area contributed by atoms with E-state index < -0.39 is 18.1 Å². The Bertz CT molecular complexity index is 2100. The van der Waals surface area contributed by atoms with Gasteiger partial charge in [0.15, 0.2) is 23.9 Å². The zero-order chi connectivity index (χ0) is 39.2. The monoisotopic (exact) mass is 815 g/mol. The van der Waals surface area contributed by atoms with Crippen LogP contribution < -0.4 is 19.5 Å². The smallest absolute Gasteiger partial charge is 0.348 e. The summed E-state index contributed by atoms with van der Waals surface area (Å²) in [6.45, 7) is 1.23. The van der Waals surface area contributed by atoms with Crippen molar-refractivity contribution in [1.29, 1.82) is 0 Å². The van der Waals surface area contributed by atoms with Crippen molar-refractivity contribution in [1.82, 2.24) is 10.2 Å². The Morgan fingerprint density at radius 3 is 2.20 bits per heavy atom. The van der Waals surface area contributed by atoms with Crippen molar-refractivity contribution in [2.24, 2.45) is 0 Å². The van der Waals surface area contributed by atoms with Crippen LogP contribution in [0.2, 0.25) is 10.0 Å². The van der Waals surface area contributed by atoms with Crippen LogP contribution in [0.4, 0.5) is 0 Å². The predicted molar refractivity (Wildman–Crippen MR) is 215 cm³/mol. The first kappa shape index (κ1) is 39.6. The number of hydrogen-bond acceptors (Lipinski definition) is 10. The van der Waals surface area contributed by atoms with Crippen molar-refractivity contribution >= 4 is 46.5 Å². The summed E-state index contributed by atoms with van der Waals surface area (Å²) in [5.41, 5.74) is 3.17. The van der Waals surface area contributed by atoms with Gasteiger partial charge in [-0.1, -0.05) is 89.9 Å². The number of nitrogens with zero attached hydrogens (tertiary/aromatic N) is 2. The molecular weight excluding hydrogens is 773 g/mol. The molecule has 292 valence electrons. The Labute approximate surface area is 340 Å². The molecule has 1 N–H and O–H groups in total. The summed E-state index contributed by atoms with van der Waals surface area (Å²) in [5, 5.41) is 15.6. The lowest BCUT2D eigenvalue weighted by atomic mass is 9.98. The number of carbonyl (C=O) groups excluding carboxylic acids is 2. The van der Waals surface area contributed by atoms with Gasteiger partial charge in [-0.15, -0.1) is 11.3 Å². The molecule has 10 nitrogen and oxygen atoms in total. The minimum atomic E-state index is -0.846. The molecule has 0 aliphatic carbocycles. The Morgan fingerprint density at radius 2 is 1.54 bits per heavy atom. The number of fused-ring (bicyclic) bond motifs is 2. The number of aromatic nitrogens is 1. The van der Waals surface area contributed by atoms with Crippen LogP contribution in [0, 0.1) is 5.21 Å². The summed E-state index contributed by atoms with van der Waals surface area (Å²) in [6.07, 6.45) is 5.36. The lowest BCUT2D eigenvalue weighted by Gasteiger charge is -2.39. The van der Waals surface area contributed by atoms with Crippen LogP contribution >= 0.6 is 34.5 Å². The van der Waals surface area contributed by atoms with Crippen LogP contribution in [0.15, 0.2) is 103 Å². The maximum Gasteiger partial charge on any atom is 0.348 e. The third-order valence-electron chi connectivity index (χ3n) is 10.5. The van der Waals surface area contributed by atoms with Gasteiger partial charge in [0.25, 0.3) is 0 Å². The van der Waals surface area contributed by atoms with Crippen LogP contribution in [0.3, 0.4) is 0 Å². The molecule has 0 saturated carbocycles.